The Morgan fingerprint density at radius 2 is 1.93 bits per heavy atom. The number of nitriles is 1. The zero-order valence-electron chi connectivity index (χ0n) is 16.2. The van der Waals surface area contributed by atoms with Gasteiger partial charge in [0.05, 0.1) is 3.57 Å². The quantitative estimate of drug-likeness (QED) is 0.229. The van der Waals surface area contributed by atoms with E-state index in [-0.39, 0.29) is 5.57 Å². The van der Waals surface area contributed by atoms with Crippen LogP contribution in [0.2, 0.25) is 5.02 Å². The maximum Gasteiger partial charge on any atom is 0.266 e. The fourth-order valence-corrected chi connectivity index (χ4v) is 3.58. The highest BCUT2D eigenvalue weighted by Crippen LogP contribution is 2.26. The third-order valence-electron chi connectivity index (χ3n) is 4.39. The van der Waals surface area contributed by atoms with Crippen LogP contribution in [0.4, 0.5) is 5.69 Å². The van der Waals surface area contributed by atoms with Crippen LogP contribution in [0.15, 0.2) is 72.3 Å². The molecule has 0 fully saturated rings. The second-order valence-corrected chi connectivity index (χ2v) is 8.07. The first kappa shape index (κ1) is 21.9. The van der Waals surface area contributed by atoms with Gasteiger partial charge in [0.1, 0.15) is 24.0 Å². The summed E-state index contributed by atoms with van der Waals surface area (Å²) in [5, 5.41) is 12.8. The highest BCUT2D eigenvalue weighted by molar-refractivity contribution is 14.1. The molecule has 0 bridgehead atoms. The van der Waals surface area contributed by atoms with Crippen LogP contribution in [-0.2, 0) is 11.4 Å². The van der Waals surface area contributed by atoms with Gasteiger partial charge in [0.2, 0.25) is 0 Å². The number of benzene rings is 3. The van der Waals surface area contributed by atoms with E-state index in [0.717, 1.165) is 26.0 Å². The summed E-state index contributed by atoms with van der Waals surface area (Å²) in [5.41, 5.74) is 3.15. The molecule has 0 unspecified atom stereocenters. The normalized spacial score (nSPS) is 10.9. The van der Waals surface area contributed by atoms with Crippen LogP contribution in [0.5, 0.6) is 5.75 Å². The Morgan fingerprint density at radius 3 is 2.63 bits per heavy atom. The van der Waals surface area contributed by atoms with Crippen LogP contribution in [0.3, 0.4) is 0 Å². The van der Waals surface area contributed by atoms with Crippen molar-refractivity contribution in [3.63, 3.8) is 0 Å². The van der Waals surface area contributed by atoms with E-state index in [9.17, 15) is 10.1 Å². The summed E-state index contributed by atoms with van der Waals surface area (Å²) < 4.78 is 6.76. The third kappa shape index (κ3) is 5.62. The molecule has 0 atom stereocenters. The Labute approximate surface area is 194 Å². The number of hydrogen-bond donors (Lipinski definition) is 1. The van der Waals surface area contributed by atoms with E-state index >= 15 is 0 Å². The number of carbonyl (C=O) groups is 1. The molecule has 3 aromatic rings. The Morgan fingerprint density at radius 1 is 1.17 bits per heavy atom. The first-order valence-corrected chi connectivity index (χ1v) is 10.6. The number of amides is 1. The fourth-order valence-electron chi connectivity index (χ4n) is 2.71. The molecule has 0 aliphatic carbocycles. The van der Waals surface area contributed by atoms with Gasteiger partial charge in [-0.3, -0.25) is 4.79 Å². The number of rotatable bonds is 6. The number of halogens is 2. The molecule has 3 aromatic carbocycles. The van der Waals surface area contributed by atoms with E-state index in [1.807, 2.05) is 61.5 Å². The monoisotopic (exact) mass is 528 g/mol. The predicted octanol–water partition coefficient (Wildman–Crippen LogP) is 6.38. The molecule has 0 radical (unpaired) electrons. The van der Waals surface area contributed by atoms with Gasteiger partial charge in [-0.25, -0.2) is 0 Å². The molecular weight excluding hydrogens is 511 g/mol. The maximum atomic E-state index is 12.6. The van der Waals surface area contributed by atoms with Gasteiger partial charge < -0.3 is 10.1 Å². The number of anilines is 1. The maximum absolute atomic E-state index is 12.6. The Hall–Kier alpha value is -2.82. The largest absolute Gasteiger partial charge is 0.488 e. The average molecular weight is 529 g/mol. The highest BCUT2D eigenvalue weighted by atomic mass is 127. The van der Waals surface area contributed by atoms with Gasteiger partial charge in [0.25, 0.3) is 5.91 Å². The van der Waals surface area contributed by atoms with Crippen molar-refractivity contribution in [3.05, 3.63) is 97.6 Å². The Balaban J connectivity index is 1.73. The molecule has 4 nitrogen and oxygen atoms in total. The van der Waals surface area contributed by atoms with E-state index in [1.54, 1.807) is 24.3 Å². The van der Waals surface area contributed by atoms with Crippen molar-refractivity contribution in [2.45, 2.75) is 13.5 Å². The lowest BCUT2D eigenvalue weighted by molar-refractivity contribution is -0.112. The minimum absolute atomic E-state index is 0.00290. The van der Waals surface area contributed by atoms with Crippen LogP contribution in [-0.4, -0.2) is 5.91 Å². The lowest BCUT2D eigenvalue weighted by Gasteiger charge is -2.10. The molecule has 0 aromatic heterocycles. The summed E-state index contributed by atoms with van der Waals surface area (Å²) in [6.45, 7) is 2.28. The lowest BCUT2D eigenvalue weighted by atomic mass is 10.1. The van der Waals surface area contributed by atoms with E-state index in [0.29, 0.717) is 17.3 Å². The van der Waals surface area contributed by atoms with Crippen molar-refractivity contribution < 1.29 is 9.53 Å². The SMILES string of the molecule is Cc1c(Cl)cccc1NC(=O)/C(C#N)=C\c1ccc(OCc2ccccc2)c(I)c1. The molecule has 0 saturated heterocycles. The smallest absolute Gasteiger partial charge is 0.266 e. The van der Waals surface area contributed by atoms with Gasteiger partial charge in [0.15, 0.2) is 0 Å². The predicted molar refractivity (Wildman–Crippen MR) is 128 cm³/mol. The van der Waals surface area contributed by atoms with Crippen molar-refractivity contribution in [2.75, 3.05) is 5.32 Å². The molecule has 1 N–H and O–H groups in total. The van der Waals surface area contributed by atoms with Crippen molar-refractivity contribution >= 4 is 51.9 Å². The zero-order chi connectivity index (χ0) is 21.5. The number of hydrogen-bond acceptors (Lipinski definition) is 3. The molecule has 0 saturated carbocycles. The molecule has 6 heteroatoms. The van der Waals surface area contributed by atoms with Crippen LogP contribution in [0, 0.1) is 21.8 Å². The fraction of sp³-hybridized carbons (Fsp3) is 0.0833. The second-order valence-electron chi connectivity index (χ2n) is 6.50. The number of carbonyl (C=O) groups excluding carboxylic acids is 1. The number of nitrogens with zero attached hydrogens (tertiary/aromatic N) is 1. The van der Waals surface area contributed by atoms with Crippen molar-refractivity contribution in [3.8, 4) is 11.8 Å². The van der Waals surface area contributed by atoms with Gasteiger partial charge in [-0.15, -0.1) is 0 Å². The molecule has 0 heterocycles. The summed E-state index contributed by atoms with van der Waals surface area (Å²) >= 11 is 8.27. The molecular formula is C24H18ClIN2O2. The topological polar surface area (TPSA) is 62.1 Å². The van der Waals surface area contributed by atoms with Gasteiger partial charge >= 0.3 is 0 Å². The van der Waals surface area contributed by atoms with Gasteiger partial charge in [-0.05, 0) is 76.5 Å². The zero-order valence-corrected chi connectivity index (χ0v) is 19.1. The van der Waals surface area contributed by atoms with E-state index in [2.05, 4.69) is 27.9 Å². The molecule has 1 amide bonds. The second kappa shape index (κ2) is 10.3. The van der Waals surface area contributed by atoms with Crippen molar-refractivity contribution in [2.24, 2.45) is 0 Å². The summed E-state index contributed by atoms with van der Waals surface area (Å²) in [5.74, 6) is 0.261. The highest BCUT2D eigenvalue weighted by Gasteiger charge is 2.12. The van der Waals surface area contributed by atoms with E-state index < -0.39 is 5.91 Å². The molecule has 0 spiro atoms. The molecule has 0 aliphatic rings. The molecule has 0 aliphatic heterocycles. The number of ether oxygens (including phenoxy) is 1. The summed E-state index contributed by atoms with van der Waals surface area (Å²) in [7, 11) is 0. The Bertz CT molecular complexity index is 1140. The minimum Gasteiger partial charge on any atom is -0.488 e. The van der Waals surface area contributed by atoms with E-state index in [4.69, 9.17) is 16.3 Å². The van der Waals surface area contributed by atoms with Crippen LogP contribution >= 0.6 is 34.2 Å². The van der Waals surface area contributed by atoms with Crippen LogP contribution in [0.1, 0.15) is 16.7 Å². The first-order chi connectivity index (χ1) is 14.5. The molecule has 3 rings (SSSR count). The van der Waals surface area contributed by atoms with Crippen LogP contribution in [0.25, 0.3) is 6.08 Å². The van der Waals surface area contributed by atoms with Gasteiger partial charge in [-0.1, -0.05) is 54.1 Å². The average Bonchev–Trinajstić information content (AvgIpc) is 2.75. The number of nitrogens with one attached hydrogen (secondary N) is 1. The minimum atomic E-state index is -0.484. The van der Waals surface area contributed by atoms with Crippen LogP contribution < -0.4 is 10.1 Å². The molecule has 30 heavy (non-hydrogen) atoms. The molecule has 150 valence electrons. The standard InChI is InChI=1S/C24H18ClIN2O2/c1-16-20(25)8-5-9-22(16)28-24(29)19(14-27)12-18-10-11-23(21(26)13-18)30-15-17-6-3-2-4-7-17/h2-13H,15H2,1H3,(H,28,29)/b19-12-. The summed E-state index contributed by atoms with van der Waals surface area (Å²) in [6.07, 6.45) is 1.55. The first-order valence-electron chi connectivity index (χ1n) is 9.12. The third-order valence-corrected chi connectivity index (χ3v) is 5.64. The summed E-state index contributed by atoms with van der Waals surface area (Å²) in [4.78, 5) is 12.6. The Kier molecular flexibility index (Phi) is 7.50. The van der Waals surface area contributed by atoms with Crippen molar-refractivity contribution in [1.29, 1.82) is 5.26 Å². The van der Waals surface area contributed by atoms with Crippen molar-refractivity contribution in [1.82, 2.24) is 0 Å². The van der Waals surface area contributed by atoms with E-state index in [1.165, 1.54) is 0 Å². The van der Waals surface area contributed by atoms with Gasteiger partial charge in [0, 0.05) is 10.7 Å². The van der Waals surface area contributed by atoms with Gasteiger partial charge in [-0.2, -0.15) is 5.26 Å². The summed E-state index contributed by atoms with van der Waals surface area (Å²) in [6, 6.07) is 22.6. The lowest BCUT2D eigenvalue weighted by Crippen LogP contribution is -2.14.